The second kappa shape index (κ2) is 7.67. The highest BCUT2D eigenvalue weighted by Crippen LogP contribution is 2.34. The van der Waals surface area contributed by atoms with Gasteiger partial charge in [-0.15, -0.1) is 11.3 Å². The number of thiophene rings is 1. The smallest absolute Gasteiger partial charge is 0.341 e. The summed E-state index contributed by atoms with van der Waals surface area (Å²) in [7, 11) is 0. The van der Waals surface area contributed by atoms with Crippen LogP contribution in [-0.4, -0.2) is 34.1 Å². The van der Waals surface area contributed by atoms with Gasteiger partial charge in [0.25, 0.3) is 11.8 Å². The Morgan fingerprint density at radius 1 is 1.32 bits per heavy atom. The van der Waals surface area contributed by atoms with Crippen LogP contribution in [-0.2, 0) is 4.74 Å². The summed E-state index contributed by atoms with van der Waals surface area (Å²) < 4.78 is 6.12. The molecule has 2 aromatic heterocycles. The minimum absolute atomic E-state index is 0.0849. The zero-order chi connectivity index (χ0) is 18.9. The predicted molar refractivity (Wildman–Crippen MR) is 100 cm³/mol. The van der Waals surface area contributed by atoms with Gasteiger partial charge in [0, 0.05) is 0 Å². The lowest BCUT2D eigenvalue weighted by molar-refractivity contribution is 0.0379. The number of carbonyl (C=O) groups excluding carboxylic acids is 3. The first-order chi connectivity index (χ1) is 11.6. The molecule has 0 bridgehead atoms. The average molecular weight is 494 g/mol. The molecule has 8 nitrogen and oxygen atoms in total. The molecule has 0 aliphatic carbocycles. The van der Waals surface area contributed by atoms with Crippen LogP contribution >= 0.6 is 43.2 Å². The van der Waals surface area contributed by atoms with Crippen LogP contribution in [0.4, 0.5) is 5.00 Å². The van der Waals surface area contributed by atoms with Crippen LogP contribution in [0, 0.1) is 6.92 Å². The van der Waals surface area contributed by atoms with E-state index in [4.69, 9.17) is 10.5 Å². The van der Waals surface area contributed by atoms with Gasteiger partial charge in [-0.2, -0.15) is 5.10 Å². The molecule has 25 heavy (non-hydrogen) atoms. The van der Waals surface area contributed by atoms with Crippen LogP contribution in [0.25, 0.3) is 0 Å². The van der Waals surface area contributed by atoms with Crippen molar-refractivity contribution >= 4 is 66.0 Å². The highest BCUT2D eigenvalue weighted by Gasteiger charge is 2.27. The van der Waals surface area contributed by atoms with Crippen LogP contribution in [0.5, 0.6) is 0 Å². The van der Waals surface area contributed by atoms with Crippen molar-refractivity contribution in [1.29, 1.82) is 0 Å². The first-order valence-electron chi connectivity index (χ1n) is 6.98. The molecule has 0 spiro atoms. The monoisotopic (exact) mass is 492 g/mol. The van der Waals surface area contributed by atoms with Crippen molar-refractivity contribution in [1.82, 2.24) is 10.2 Å². The maximum absolute atomic E-state index is 12.4. The van der Waals surface area contributed by atoms with E-state index in [-0.39, 0.29) is 27.2 Å². The maximum atomic E-state index is 12.4. The normalized spacial score (nSPS) is 10.8. The predicted octanol–water partition coefficient (Wildman–Crippen LogP) is 3.22. The summed E-state index contributed by atoms with van der Waals surface area (Å²) >= 11 is 7.33. The Balaban J connectivity index is 2.43. The molecule has 0 aliphatic heterocycles. The van der Waals surface area contributed by atoms with E-state index in [1.54, 1.807) is 20.8 Å². The van der Waals surface area contributed by atoms with Gasteiger partial charge < -0.3 is 15.8 Å². The van der Waals surface area contributed by atoms with Gasteiger partial charge in [-0.1, -0.05) is 0 Å². The largest absolute Gasteiger partial charge is 0.459 e. The third-order valence-electron chi connectivity index (χ3n) is 3.03. The number of rotatable bonds is 5. The van der Waals surface area contributed by atoms with Gasteiger partial charge in [0.2, 0.25) is 0 Å². The lowest BCUT2D eigenvalue weighted by Gasteiger charge is -2.10. The molecule has 2 aromatic rings. The number of ether oxygens (including phenoxy) is 1. The van der Waals surface area contributed by atoms with E-state index in [0.717, 1.165) is 11.3 Å². The van der Waals surface area contributed by atoms with Crippen LogP contribution < -0.4 is 11.1 Å². The first-order valence-corrected chi connectivity index (χ1v) is 9.38. The van der Waals surface area contributed by atoms with Crippen LogP contribution in [0.15, 0.2) is 9.08 Å². The Bertz CT molecular complexity index is 859. The molecule has 2 heterocycles. The molecule has 0 atom stereocenters. The van der Waals surface area contributed by atoms with Crippen LogP contribution in [0.2, 0.25) is 0 Å². The topological polar surface area (TPSA) is 127 Å². The number of anilines is 1. The van der Waals surface area contributed by atoms with Gasteiger partial charge in [-0.3, -0.25) is 14.7 Å². The number of nitrogens with two attached hydrogens (primary N) is 1. The highest BCUT2D eigenvalue weighted by atomic mass is 79.9. The summed E-state index contributed by atoms with van der Waals surface area (Å²) in [6.07, 6.45) is -0.358. The second-order valence-corrected chi connectivity index (χ2v) is 7.84. The summed E-state index contributed by atoms with van der Waals surface area (Å²) in [6.45, 7) is 4.97. The molecule has 2 amide bonds. The number of primary amides is 1. The van der Waals surface area contributed by atoms with Crippen molar-refractivity contribution in [3.05, 3.63) is 30.8 Å². The Morgan fingerprint density at radius 3 is 2.44 bits per heavy atom. The number of halogens is 2. The Labute approximate surface area is 163 Å². The number of H-pyrrole nitrogens is 1. The molecule has 0 aliphatic rings. The third kappa shape index (κ3) is 4.10. The average Bonchev–Trinajstić information content (AvgIpc) is 2.99. The molecule has 0 fully saturated rings. The van der Waals surface area contributed by atoms with E-state index in [9.17, 15) is 14.4 Å². The van der Waals surface area contributed by atoms with E-state index in [2.05, 4.69) is 47.4 Å². The Hall–Kier alpha value is -1.72. The van der Waals surface area contributed by atoms with Crippen molar-refractivity contribution in [3.8, 4) is 0 Å². The fourth-order valence-corrected chi connectivity index (χ4v) is 3.65. The quantitative estimate of drug-likeness (QED) is 0.551. The Kier molecular flexibility index (Phi) is 6.01. The Morgan fingerprint density at radius 2 is 1.96 bits per heavy atom. The maximum Gasteiger partial charge on any atom is 0.341 e. The molecule has 4 N–H and O–H groups in total. The molecule has 0 saturated carbocycles. The minimum atomic E-state index is -0.690. The summed E-state index contributed by atoms with van der Waals surface area (Å²) in [5.41, 5.74) is 5.89. The molecule has 2 rings (SSSR count). The zero-order valence-corrected chi connectivity index (χ0v) is 17.4. The molecular formula is C14H14Br2N4O4S. The van der Waals surface area contributed by atoms with E-state index >= 15 is 0 Å². The van der Waals surface area contributed by atoms with E-state index < -0.39 is 17.8 Å². The van der Waals surface area contributed by atoms with E-state index in [0.29, 0.717) is 14.6 Å². The SMILES string of the molecule is Cc1c(C(N)=O)sc(NC(=O)c2n[nH]c(Br)c2Br)c1C(=O)OC(C)C. The second-order valence-electron chi connectivity index (χ2n) is 5.23. The van der Waals surface area contributed by atoms with Crippen molar-refractivity contribution < 1.29 is 19.1 Å². The molecule has 0 aromatic carbocycles. The summed E-state index contributed by atoms with van der Waals surface area (Å²) in [4.78, 5) is 36.6. The summed E-state index contributed by atoms with van der Waals surface area (Å²) in [5.74, 6) is -1.90. The number of nitrogens with zero attached hydrogens (tertiary/aromatic N) is 1. The number of hydrogen-bond donors (Lipinski definition) is 3. The summed E-state index contributed by atoms with van der Waals surface area (Å²) in [5, 5.41) is 9.23. The standard InChI is InChI=1S/C14H14Br2N4O4S/c1-4(2)24-14(23)6-5(3)9(11(17)21)25-13(6)18-12(22)8-7(15)10(16)20-19-8/h4H,1-3H3,(H2,17,21)(H,18,22)(H,19,20). The van der Waals surface area contributed by atoms with Gasteiger partial charge in [0.05, 0.1) is 21.0 Å². The van der Waals surface area contributed by atoms with Crippen LogP contribution in [0.3, 0.4) is 0 Å². The molecule has 11 heteroatoms. The number of esters is 1. The van der Waals surface area contributed by atoms with Gasteiger partial charge in [0.1, 0.15) is 9.60 Å². The van der Waals surface area contributed by atoms with Crippen molar-refractivity contribution in [2.75, 3.05) is 5.32 Å². The van der Waals surface area contributed by atoms with Crippen molar-refractivity contribution in [2.24, 2.45) is 5.73 Å². The van der Waals surface area contributed by atoms with Gasteiger partial charge in [-0.05, 0) is 58.2 Å². The van der Waals surface area contributed by atoms with Gasteiger partial charge in [-0.25, -0.2) is 4.79 Å². The van der Waals surface area contributed by atoms with E-state index in [1.165, 1.54) is 0 Å². The fraction of sp³-hybridized carbons (Fsp3) is 0.286. The van der Waals surface area contributed by atoms with Crippen molar-refractivity contribution in [3.63, 3.8) is 0 Å². The van der Waals surface area contributed by atoms with Gasteiger partial charge >= 0.3 is 5.97 Å². The van der Waals surface area contributed by atoms with E-state index in [1.807, 2.05) is 0 Å². The number of amides is 2. The number of aromatic amines is 1. The molecule has 0 saturated heterocycles. The lowest BCUT2D eigenvalue weighted by Crippen LogP contribution is -2.17. The molecule has 0 unspecified atom stereocenters. The highest BCUT2D eigenvalue weighted by molar-refractivity contribution is 9.13. The van der Waals surface area contributed by atoms with Crippen LogP contribution in [0.1, 0.15) is 49.9 Å². The minimum Gasteiger partial charge on any atom is -0.459 e. The third-order valence-corrected chi connectivity index (χ3v) is 6.13. The number of aromatic nitrogens is 2. The molecular weight excluding hydrogens is 480 g/mol. The summed E-state index contributed by atoms with van der Waals surface area (Å²) in [6, 6.07) is 0. The van der Waals surface area contributed by atoms with Gasteiger partial charge in [0.15, 0.2) is 5.69 Å². The van der Waals surface area contributed by atoms with Crippen molar-refractivity contribution in [2.45, 2.75) is 26.9 Å². The molecule has 134 valence electrons. The molecule has 0 radical (unpaired) electrons. The zero-order valence-electron chi connectivity index (χ0n) is 13.4. The first kappa shape index (κ1) is 19.6. The fourth-order valence-electron chi connectivity index (χ4n) is 1.98. The number of carbonyl (C=O) groups is 3. The number of hydrogen-bond acceptors (Lipinski definition) is 6. The number of nitrogens with one attached hydrogen (secondary N) is 2. The lowest BCUT2D eigenvalue weighted by atomic mass is 10.1.